The highest BCUT2D eigenvalue weighted by Crippen LogP contribution is 2.21. The van der Waals surface area contributed by atoms with E-state index in [1.54, 1.807) is 36.4 Å². The Morgan fingerprint density at radius 1 is 1.15 bits per heavy atom. The van der Waals surface area contributed by atoms with Crippen molar-refractivity contribution in [2.75, 3.05) is 0 Å². The quantitative estimate of drug-likeness (QED) is 0.904. The number of hydrogen-bond acceptors (Lipinski definition) is 1. The molecular weight excluding hydrogens is 277 g/mol. The third-order valence-electron chi connectivity index (χ3n) is 3.08. The fraction of sp³-hybridized carbons (Fsp3) is 0.188. The minimum atomic E-state index is -0.604. The second-order valence-electron chi connectivity index (χ2n) is 5.10. The molecule has 0 bridgehead atoms. The minimum absolute atomic E-state index is 0.221. The average molecular weight is 292 g/mol. The van der Waals surface area contributed by atoms with Crippen LogP contribution in [0.15, 0.2) is 48.5 Å². The van der Waals surface area contributed by atoms with Gasteiger partial charge in [-0.25, -0.2) is 4.39 Å². The zero-order valence-corrected chi connectivity index (χ0v) is 12.0. The van der Waals surface area contributed by atoms with Crippen LogP contribution in [0.5, 0.6) is 0 Å². The van der Waals surface area contributed by atoms with Crippen LogP contribution < -0.4 is 5.32 Å². The van der Waals surface area contributed by atoms with Gasteiger partial charge in [0, 0.05) is 10.6 Å². The summed E-state index contributed by atoms with van der Waals surface area (Å²) in [5, 5.41) is 3.43. The molecule has 0 fully saturated rings. The summed E-state index contributed by atoms with van der Waals surface area (Å²) in [5.41, 5.74) is 0.717. The van der Waals surface area contributed by atoms with Crippen molar-refractivity contribution in [3.05, 3.63) is 70.5 Å². The highest BCUT2D eigenvalue weighted by atomic mass is 35.5. The maximum Gasteiger partial charge on any atom is 0.252 e. The molecule has 0 radical (unpaired) electrons. The van der Waals surface area contributed by atoms with E-state index in [1.807, 2.05) is 13.8 Å². The Kier molecular flexibility index (Phi) is 4.09. The third-order valence-corrected chi connectivity index (χ3v) is 3.31. The van der Waals surface area contributed by atoms with Crippen molar-refractivity contribution in [2.24, 2.45) is 0 Å². The highest BCUT2D eigenvalue weighted by Gasteiger charge is 2.23. The number of amides is 1. The number of carbonyl (C=O) groups is 1. The van der Waals surface area contributed by atoms with Gasteiger partial charge in [0.2, 0.25) is 0 Å². The Labute approximate surface area is 122 Å². The number of nitrogens with one attached hydrogen (secondary N) is 1. The lowest BCUT2D eigenvalue weighted by Crippen LogP contribution is -2.41. The predicted molar refractivity (Wildman–Crippen MR) is 78.3 cm³/mol. The molecule has 0 unspecified atom stereocenters. The second-order valence-corrected chi connectivity index (χ2v) is 5.53. The molecule has 0 saturated heterocycles. The standard InChI is InChI=1S/C16H15ClFNO/c1-16(2,12-6-8-14(18)9-7-12)19-15(20)11-4-3-5-13(17)10-11/h3-10H,1-2H3,(H,19,20). The van der Waals surface area contributed by atoms with E-state index in [4.69, 9.17) is 11.6 Å². The van der Waals surface area contributed by atoms with Crippen LogP contribution in [0.25, 0.3) is 0 Å². The van der Waals surface area contributed by atoms with Crippen molar-refractivity contribution < 1.29 is 9.18 Å². The molecule has 0 aliphatic carbocycles. The van der Waals surface area contributed by atoms with E-state index >= 15 is 0 Å². The molecule has 0 spiro atoms. The maximum atomic E-state index is 12.9. The maximum absolute atomic E-state index is 12.9. The molecule has 0 atom stereocenters. The molecule has 20 heavy (non-hydrogen) atoms. The molecule has 0 heterocycles. The van der Waals surface area contributed by atoms with Gasteiger partial charge in [-0.3, -0.25) is 4.79 Å². The van der Waals surface area contributed by atoms with Crippen LogP contribution in [0.2, 0.25) is 5.02 Å². The lowest BCUT2D eigenvalue weighted by molar-refractivity contribution is 0.0912. The van der Waals surface area contributed by atoms with Crippen molar-refractivity contribution in [3.63, 3.8) is 0 Å². The predicted octanol–water partition coefficient (Wildman–Crippen LogP) is 4.14. The summed E-state index contributed by atoms with van der Waals surface area (Å²) in [4.78, 5) is 12.2. The lowest BCUT2D eigenvalue weighted by Gasteiger charge is -2.27. The largest absolute Gasteiger partial charge is 0.343 e. The van der Waals surface area contributed by atoms with Gasteiger partial charge in [0.05, 0.1) is 5.54 Å². The van der Waals surface area contributed by atoms with Crippen molar-refractivity contribution >= 4 is 17.5 Å². The fourth-order valence-electron chi connectivity index (χ4n) is 1.92. The molecular formula is C16H15ClFNO. The summed E-state index contributed by atoms with van der Waals surface area (Å²) >= 11 is 5.87. The number of benzene rings is 2. The van der Waals surface area contributed by atoms with Gasteiger partial charge in [-0.05, 0) is 49.7 Å². The van der Waals surface area contributed by atoms with Crippen molar-refractivity contribution in [3.8, 4) is 0 Å². The number of rotatable bonds is 3. The first-order valence-corrected chi connectivity index (χ1v) is 6.60. The highest BCUT2D eigenvalue weighted by molar-refractivity contribution is 6.30. The summed E-state index contributed by atoms with van der Waals surface area (Å²) in [5.74, 6) is -0.521. The summed E-state index contributed by atoms with van der Waals surface area (Å²) in [6.07, 6.45) is 0. The molecule has 1 N–H and O–H groups in total. The van der Waals surface area contributed by atoms with Crippen LogP contribution in [0, 0.1) is 5.82 Å². The first-order valence-electron chi connectivity index (χ1n) is 6.22. The van der Waals surface area contributed by atoms with E-state index in [9.17, 15) is 9.18 Å². The van der Waals surface area contributed by atoms with Crippen LogP contribution in [0.1, 0.15) is 29.8 Å². The number of halogens is 2. The molecule has 1 amide bonds. The first kappa shape index (κ1) is 14.5. The number of carbonyl (C=O) groups excluding carboxylic acids is 1. The third kappa shape index (κ3) is 3.36. The molecule has 2 nitrogen and oxygen atoms in total. The van der Waals surface area contributed by atoms with E-state index < -0.39 is 5.54 Å². The Hall–Kier alpha value is -1.87. The molecule has 104 valence electrons. The Morgan fingerprint density at radius 2 is 1.80 bits per heavy atom. The van der Waals surface area contributed by atoms with E-state index in [-0.39, 0.29) is 11.7 Å². The van der Waals surface area contributed by atoms with Gasteiger partial charge >= 0.3 is 0 Å². The summed E-state index contributed by atoms with van der Waals surface area (Å²) in [6, 6.07) is 12.8. The van der Waals surface area contributed by atoms with Gasteiger partial charge in [-0.2, -0.15) is 0 Å². The van der Waals surface area contributed by atoms with Gasteiger partial charge in [0.1, 0.15) is 5.82 Å². The summed E-state index contributed by atoms with van der Waals surface area (Å²) in [6.45, 7) is 3.73. The van der Waals surface area contributed by atoms with Gasteiger partial charge in [-0.1, -0.05) is 29.8 Å². The molecule has 2 aromatic rings. The second kappa shape index (κ2) is 5.63. The molecule has 2 rings (SSSR count). The van der Waals surface area contributed by atoms with Crippen molar-refractivity contribution in [2.45, 2.75) is 19.4 Å². The van der Waals surface area contributed by atoms with Crippen molar-refractivity contribution in [1.29, 1.82) is 0 Å². The summed E-state index contributed by atoms with van der Waals surface area (Å²) < 4.78 is 12.9. The van der Waals surface area contributed by atoms with Crippen LogP contribution >= 0.6 is 11.6 Å². The van der Waals surface area contributed by atoms with Gasteiger partial charge in [0.25, 0.3) is 5.91 Å². The monoisotopic (exact) mass is 291 g/mol. The molecule has 0 saturated carbocycles. The SMILES string of the molecule is CC(C)(NC(=O)c1cccc(Cl)c1)c1ccc(F)cc1. The molecule has 0 aliphatic rings. The number of hydrogen-bond donors (Lipinski definition) is 1. The zero-order chi connectivity index (χ0) is 14.8. The van der Waals surface area contributed by atoms with Crippen LogP contribution in [-0.2, 0) is 5.54 Å². The van der Waals surface area contributed by atoms with E-state index in [0.717, 1.165) is 5.56 Å². The minimum Gasteiger partial charge on any atom is -0.343 e. The fourth-order valence-corrected chi connectivity index (χ4v) is 2.11. The van der Waals surface area contributed by atoms with Crippen LogP contribution in [-0.4, -0.2) is 5.91 Å². The van der Waals surface area contributed by atoms with Crippen LogP contribution in [0.4, 0.5) is 4.39 Å². The lowest BCUT2D eigenvalue weighted by atomic mass is 9.94. The molecule has 0 aromatic heterocycles. The van der Waals surface area contributed by atoms with E-state index in [0.29, 0.717) is 10.6 Å². The summed E-state index contributed by atoms with van der Waals surface area (Å²) in [7, 11) is 0. The molecule has 0 aliphatic heterocycles. The van der Waals surface area contributed by atoms with Crippen LogP contribution in [0.3, 0.4) is 0 Å². The topological polar surface area (TPSA) is 29.1 Å². The first-order chi connectivity index (χ1) is 9.38. The van der Waals surface area contributed by atoms with Crippen molar-refractivity contribution in [1.82, 2.24) is 5.32 Å². The normalized spacial score (nSPS) is 11.2. The van der Waals surface area contributed by atoms with Gasteiger partial charge in [0.15, 0.2) is 0 Å². The van der Waals surface area contributed by atoms with Gasteiger partial charge in [-0.15, -0.1) is 0 Å². The smallest absolute Gasteiger partial charge is 0.252 e. The Balaban J connectivity index is 2.19. The molecule has 4 heteroatoms. The average Bonchev–Trinajstić information content (AvgIpc) is 2.38. The Morgan fingerprint density at radius 3 is 2.40 bits per heavy atom. The molecule has 2 aromatic carbocycles. The Bertz CT molecular complexity index is 623. The van der Waals surface area contributed by atoms with E-state index in [1.165, 1.54) is 12.1 Å². The zero-order valence-electron chi connectivity index (χ0n) is 11.3. The van der Waals surface area contributed by atoms with Gasteiger partial charge < -0.3 is 5.32 Å². The van der Waals surface area contributed by atoms with E-state index in [2.05, 4.69) is 5.32 Å².